The molecule has 1 aromatic rings. The molecule has 70 valence electrons. The summed E-state index contributed by atoms with van der Waals surface area (Å²) in [5.41, 5.74) is 0.976. The number of benzene rings is 1. The van der Waals surface area contributed by atoms with Crippen LogP contribution >= 0.6 is 0 Å². The zero-order valence-electron chi connectivity index (χ0n) is 7.53. The van der Waals surface area contributed by atoms with Gasteiger partial charge in [0.05, 0.1) is 6.10 Å². The molecule has 0 spiro atoms. The summed E-state index contributed by atoms with van der Waals surface area (Å²) in [6, 6.07) is 7.13. The predicted octanol–water partition coefficient (Wildman–Crippen LogP) is 1.40. The van der Waals surface area contributed by atoms with Crippen LogP contribution in [-0.4, -0.2) is 17.8 Å². The van der Waals surface area contributed by atoms with Gasteiger partial charge < -0.3 is 9.84 Å². The number of nitrogens with one attached hydrogen (secondary N) is 1. The highest BCUT2D eigenvalue weighted by Crippen LogP contribution is 2.23. The first-order valence-electron chi connectivity index (χ1n) is 4.43. The lowest BCUT2D eigenvalue weighted by Crippen LogP contribution is -2.14. The monoisotopic (exact) mass is 179 g/mol. The second-order valence-electron chi connectivity index (χ2n) is 3.33. The highest BCUT2D eigenvalue weighted by molar-refractivity contribution is 5.28. The first-order valence-corrected chi connectivity index (χ1v) is 4.43. The van der Waals surface area contributed by atoms with Crippen LogP contribution in [0.2, 0.25) is 0 Å². The van der Waals surface area contributed by atoms with Crippen LogP contribution < -0.4 is 5.32 Å². The molecule has 13 heavy (non-hydrogen) atoms. The molecule has 0 saturated carbocycles. The molecule has 1 aliphatic heterocycles. The number of hydrogen-bond acceptors (Lipinski definition) is 3. The van der Waals surface area contributed by atoms with E-state index in [4.69, 9.17) is 4.74 Å². The van der Waals surface area contributed by atoms with E-state index >= 15 is 0 Å². The van der Waals surface area contributed by atoms with Gasteiger partial charge in [0.25, 0.3) is 0 Å². The van der Waals surface area contributed by atoms with E-state index < -0.39 is 0 Å². The lowest BCUT2D eigenvalue weighted by Gasteiger charge is -2.10. The Balaban J connectivity index is 2.16. The summed E-state index contributed by atoms with van der Waals surface area (Å²) in [4.78, 5) is 0. The van der Waals surface area contributed by atoms with Crippen LogP contribution in [0, 0.1) is 0 Å². The minimum atomic E-state index is -0.0675. The van der Waals surface area contributed by atoms with E-state index in [2.05, 4.69) is 5.32 Å². The minimum Gasteiger partial charge on any atom is -0.508 e. The van der Waals surface area contributed by atoms with Gasteiger partial charge in [-0.15, -0.1) is 0 Å². The van der Waals surface area contributed by atoms with Crippen LogP contribution in [0.1, 0.15) is 18.7 Å². The molecule has 1 aliphatic rings. The second kappa shape index (κ2) is 3.36. The SMILES string of the molecule is CC1CNC(c2cccc(O)c2)O1. The quantitative estimate of drug-likeness (QED) is 0.684. The third-order valence-electron chi connectivity index (χ3n) is 2.13. The molecule has 3 nitrogen and oxygen atoms in total. The third-order valence-corrected chi connectivity index (χ3v) is 2.13. The fourth-order valence-corrected chi connectivity index (χ4v) is 1.49. The van der Waals surface area contributed by atoms with Gasteiger partial charge in [-0.1, -0.05) is 12.1 Å². The minimum absolute atomic E-state index is 0.0675. The number of ether oxygens (including phenoxy) is 1. The average molecular weight is 179 g/mol. The summed E-state index contributed by atoms with van der Waals surface area (Å²) in [5, 5.41) is 12.5. The zero-order valence-corrected chi connectivity index (χ0v) is 7.53. The van der Waals surface area contributed by atoms with Crippen LogP contribution in [0.5, 0.6) is 5.75 Å². The van der Waals surface area contributed by atoms with Gasteiger partial charge >= 0.3 is 0 Å². The van der Waals surface area contributed by atoms with Crippen molar-refractivity contribution in [1.29, 1.82) is 0 Å². The van der Waals surface area contributed by atoms with Crippen molar-refractivity contribution in [2.45, 2.75) is 19.3 Å². The lowest BCUT2D eigenvalue weighted by molar-refractivity contribution is 0.0509. The molecule has 2 rings (SSSR count). The van der Waals surface area contributed by atoms with Crippen molar-refractivity contribution >= 4 is 0 Å². The molecule has 1 heterocycles. The fourth-order valence-electron chi connectivity index (χ4n) is 1.49. The molecule has 0 aliphatic carbocycles. The molecule has 1 aromatic carbocycles. The van der Waals surface area contributed by atoms with Crippen LogP contribution in [0.25, 0.3) is 0 Å². The Labute approximate surface area is 77.3 Å². The van der Waals surface area contributed by atoms with Gasteiger partial charge in [-0.3, -0.25) is 5.32 Å². The van der Waals surface area contributed by atoms with Crippen molar-refractivity contribution in [1.82, 2.24) is 5.32 Å². The molecule has 3 heteroatoms. The van der Waals surface area contributed by atoms with E-state index in [1.807, 2.05) is 19.1 Å². The topological polar surface area (TPSA) is 41.5 Å². The third kappa shape index (κ3) is 1.82. The van der Waals surface area contributed by atoms with Gasteiger partial charge in [-0.2, -0.15) is 0 Å². The van der Waals surface area contributed by atoms with Crippen molar-refractivity contribution in [2.75, 3.05) is 6.54 Å². The summed E-state index contributed by atoms with van der Waals surface area (Å²) in [6.07, 6.45) is 0.175. The Morgan fingerprint density at radius 3 is 3.00 bits per heavy atom. The van der Waals surface area contributed by atoms with E-state index in [1.54, 1.807) is 12.1 Å². The molecule has 0 aromatic heterocycles. The Kier molecular flexibility index (Phi) is 2.20. The van der Waals surface area contributed by atoms with Crippen LogP contribution in [0.4, 0.5) is 0 Å². The molecular formula is C10H13NO2. The Morgan fingerprint density at radius 2 is 2.38 bits per heavy atom. The van der Waals surface area contributed by atoms with Crippen LogP contribution in [0.3, 0.4) is 0 Å². The maximum absolute atomic E-state index is 9.26. The summed E-state index contributed by atoms with van der Waals surface area (Å²) >= 11 is 0. The first kappa shape index (κ1) is 8.53. The van der Waals surface area contributed by atoms with Crippen molar-refractivity contribution in [3.05, 3.63) is 29.8 Å². The smallest absolute Gasteiger partial charge is 0.134 e. The number of phenols is 1. The normalized spacial score (nSPS) is 27.8. The van der Waals surface area contributed by atoms with Crippen molar-refractivity contribution in [3.63, 3.8) is 0 Å². The standard InChI is InChI=1S/C10H13NO2/c1-7-6-11-10(13-7)8-3-2-4-9(12)5-8/h2-5,7,10-12H,6H2,1H3. The number of aromatic hydroxyl groups is 1. The van der Waals surface area contributed by atoms with Crippen molar-refractivity contribution < 1.29 is 9.84 Å². The molecule has 2 N–H and O–H groups in total. The predicted molar refractivity (Wildman–Crippen MR) is 49.4 cm³/mol. The summed E-state index contributed by atoms with van der Waals surface area (Å²) in [6.45, 7) is 2.89. The molecule has 0 radical (unpaired) electrons. The molecule has 1 saturated heterocycles. The van der Waals surface area contributed by atoms with E-state index in [1.165, 1.54) is 0 Å². The second-order valence-corrected chi connectivity index (χ2v) is 3.33. The molecule has 0 bridgehead atoms. The van der Waals surface area contributed by atoms with Crippen molar-refractivity contribution in [3.8, 4) is 5.75 Å². The van der Waals surface area contributed by atoms with E-state index in [9.17, 15) is 5.11 Å². The molecule has 2 atom stereocenters. The summed E-state index contributed by atoms with van der Waals surface area (Å²) in [7, 11) is 0. The van der Waals surface area contributed by atoms with Crippen molar-refractivity contribution in [2.24, 2.45) is 0 Å². The first-order chi connectivity index (χ1) is 6.25. The maximum atomic E-state index is 9.26. The van der Waals surface area contributed by atoms with Gasteiger partial charge in [0.1, 0.15) is 12.0 Å². The number of rotatable bonds is 1. The van der Waals surface area contributed by atoms with E-state index in [0.717, 1.165) is 12.1 Å². The van der Waals surface area contributed by atoms with Gasteiger partial charge in [0, 0.05) is 6.54 Å². The van der Waals surface area contributed by atoms with Crippen LogP contribution in [0.15, 0.2) is 24.3 Å². The Hall–Kier alpha value is -1.06. The molecule has 0 amide bonds. The number of hydrogen-bond donors (Lipinski definition) is 2. The van der Waals surface area contributed by atoms with E-state index in [-0.39, 0.29) is 18.1 Å². The summed E-state index contributed by atoms with van der Waals surface area (Å²) in [5.74, 6) is 0.280. The Bertz CT molecular complexity index is 301. The fraction of sp³-hybridized carbons (Fsp3) is 0.400. The largest absolute Gasteiger partial charge is 0.508 e. The lowest BCUT2D eigenvalue weighted by atomic mass is 10.2. The maximum Gasteiger partial charge on any atom is 0.134 e. The van der Waals surface area contributed by atoms with Gasteiger partial charge in [-0.05, 0) is 24.6 Å². The van der Waals surface area contributed by atoms with Gasteiger partial charge in [-0.25, -0.2) is 0 Å². The molecular weight excluding hydrogens is 166 g/mol. The van der Waals surface area contributed by atoms with Gasteiger partial charge in [0.2, 0.25) is 0 Å². The Morgan fingerprint density at radius 1 is 1.54 bits per heavy atom. The van der Waals surface area contributed by atoms with Gasteiger partial charge in [0.15, 0.2) is 0 Å². The van der Waals surface area contributed by atoms with Crippen LogP contribution in [-0.2, 0) is 4.74 Å². The molecule has 2 unspecified atom stereocenters. The summed E-state index contributed by atoms with van der Waals surface area (Å²) < 4.78 is 5.58. The average Bonchev–Trinajstić information content (AvgIpc) is 2.52. The van der Waals surface area contributed by atoms with E-state index in [0.29, 0.717) is 0 Å². The zero-order chi connectivity index (χ0) is 9.26. The highest BCUT2D eigenvalue weighted by Gasteiger charge is 2.22. The highest BCUT2D eigenvalue weighted by atomic mass is 16.5. The number of phenolic OH excluding ortho intramolecular Hbond substituents is 1. The molecule has 1 fully saturated rings.